The van der Waals surface area contributed by atoms with Crippen LogP contribution >= 0.6 is 20.0 Å². The Balaban J connectivity index is 0.000000659. The number of thiazole rings is 1. The molecule has 2 heterocycles. The van der Waals surface area contributed by atoms with Gasteiger partial charge in [-0.3, -0.25) is 5.32 Å². The lowest BCUT2D eigenvalue weighted by Gasteiger charge is -2.07. The number of para-hydroxylation sites is 1. The number of fused-ring (bicyclic) bond motifs is 1. The van der Waals surface area contributed by atoms with Crippen molar-refractivity contribution in [2.45, 2.75) is 6.42 Å². The summed E-state index contributed by atoms with van der Waals surface area (Å²) in [5.74, 6) is 0. The monoisotopic (exact) mass is 399 g/mol. The molecule has 0 spiro atoms. The second-order valence-electron chi connectivity index (χ2n) is 5.50. The molecule has 136 valence electrons. The number of nitrogens with zero attached hydrogens (tertiary/aromatic N) is 1. The third kappa shape index (κ3) is 5.08. The molecule has 1 aromatic heterocycles. The number of benzene rings is 2. The number of cyclic esters (lactones) is 1. The Morgan fingerprint density at radius 1 is 1.15 bits per heavy atom. The number of carbonyl (C=O) groups is 1. The molecule has 0 aliphatic carbocycles. The van der Waals surface area contributed by atoms with Crippen LogP contribution < -0.4 is 5.32 Å². The Bertz CT molecular complexity index is 979. The number of hydrogen-bond acceptors (Lipinski definition) is 5. The average Bonchev–Trinajstić information content (AvgIpc) is 3.00. The topological polar surface area (TPSA) is 88.5 Å². The van der Waals surface area contributed by atoms with Crippen LogP contribution in [0.4, 0.5) is 4.79 Å². The van der Waals surface area contributed by atoms with Crippen LogP contribution in [0.3, 0.4) is 0 Å². The zero-order valence-electron chi connectivity index (χ0n) is 14.1. The molecule has 1 aliphatic rings. The van der Waals surface area contributed by atoms with Crippen molar-refractivity contribution in [1.29, 1.82) is 0 Å². The average molecular weight is 399 g/mol. The van der Waals surface area contributed by atoms with Crippen molar-refractivity contribution < 1.29 is 19.0 Å². The highest BCUT2D eigenvalue weighted by Crippen LogP contribution is 2.30. The maximum Gasteiger partial charge on any atom is 0.491 e. The molecule has 0 bridgehead atoms. The van der Waals surface area contributed by atoms with Gasteiger partial charge < -0.3 is 4.74 Å². The first-order valence-electron chi connectivity index (χ1n) is 7.99. The Kier molecular flexibility index (Phi) is 6.44. The smallest absolute Gasteiger partial charge is 0.418 e. The zero-order chi connectivity index (χ0) is 19.1. The first kappa shape index (κ1) is 18.9. The number of nitrogens with one attached hydrogen (secondary N) is 1. The van der Waals surface area contributed by atoms with E-state index in [1.54, 1.807) is 17.4 Å². The SMILES string of the molecule is O=C1NC(Cc2ccc(-c3nc4ccccc4s3)cc2)=CC=CO1.O=[PH+]O. The highest BCUT2D eigenvalue weighted by atomic mass is 32.1. The standard InChI is InChI=1S/C19H14N2O2S.HO2P/c22-19-20-15(4-3-11-23-19)12-13-7-9-14(10-8-13)18-21-16-5-1-2-6-17(16)24-18;1-3-2/h1-11H,12H2,(H,20,22);3H/p+1. The largest absolute Gasteiger partial charge is 0.491 e. The quantitative estimate of drug-likeness (QED) is 0.631. The molecule has 1 amide bonds. The van der Waals surface area contributed by atoms with Crippen LogP contribution in [0.15, 0.2) is 72.6 Å². The Morgan fingerprint density at radius 3 is 2.63 bits per heavy atom. The molecule has 4 rings (SSSR count). The van der Waals surface area contributed by atoms with E-state index in [1.807, 2.05) is 24.3 Å². The number of carbonyl (C=O) groups excluding carboxylic acids is 1. The van der Waals surface area contributed by atoms with E-state index in [-0.39, 0.29) is 0 Å². The third-order valence-electron chi connectivity index (χ3n) is 3.70. The van der Waals surface area contributed by atoms with E-state index < -0.39 is 14.8 Å². The summed E-state index contributed by atoms with van der Waals surface area (Å²) >= 11 is 1.69. The summed E-state index contributed by atoms with van der Waals surface area (Å²) < 4.78 is 14.5. The van der Waals surface area contributed by atoms with Crippen molar-refractivity contribution in [2.24, 2.45) is 0 Å². The van der Waals surface area contributed by atoms with Crippen molar-refractivity contribution in [3.05, 3.63) is 78.2 Å². The van der Waals surface area contributed by atoms with Gasteiger partial charge in [0.15, 0.2) is 0 Å². The summed E-state index contributed by atoms with van der Waals surface area (Å²) in [4.78, 5) is 23.1. The van der Waals surface area contributed by atoms with Gasteiger partial charge in [-0.1, -0.05) is 36.4 Å². The van der Waals surface area contributed by atoms with Crippen molar-refractivity contribution >= 4 is 36.3 Å². The van der Waals surface area contributed by atoms with Crippen molar-refractivity contribution in [3.63, 3.8) is 0 Å². The van der Waals surface area contributed by atoms with Gasteiger partial charge in [0.05, 0.1) is 16.5 Å². The van der Waals surface area contributed by atoms with Crippen LogP contribution in [-0.4, -0.2) is 16.0 Å². The maximum atomic E-state index is 11.4. The highest BCUT2D eigenvalue weighted by molar-refractivity contribution is 7.21. The molecule has 1 unspecified atom stereocenters. The van der Waals surface area contributed by atoms with Gasteiger partial charge in [-0.2, -0.15) is 4.89 Å². The molecule has 1 atom stereocenters. The molecular weight excluding hydrogens is 383 g/mol. The zero-order valence-corrected chi connectivity index (χ0v) is 15.9. The maximum absolute atomic E-state index is 11.4. The van der Waals surface area contributed by atoms with E-state index in [0.717, 1.165) is 27.3 Å². The highest BCUT2D eigenvalue weighted by Gasteiger charge is 2.09. The van der Waals surface area contributed by atoms with Gasteiger partial charge in [0.2, 0.25) is 0 Å². The molecule has 27 heavy (non-hydrogen) atoms. The summed E-state index contributed by atoms with van der Waals surface area (Å²) in [6.07, 6.45) is 5.11. The molecule has 0 saturated heterocycles. The normalized spacial score (nSPS) is 13.2. The molecule has 2 N–H and O–H groups in total. The van der Waals surface area contributed by atoms with Gasteiger partial charge in [-0.15, -0.1) is 11.3 Å². The molecule has 8 heteroatoms. The Labute approximate surface area is 161 Å². The number of ether oxygens (including phenoxy) is 1. The van der Waals surface area contributed by atoms with E-state index in [1.165, 1.54) is 11.0 Å². The van der Waals surface area contributed by atoms with Crippen LogP contribution in [0.25, 0.3) is 20.8 Å². The van der Waals surface area contributed by atoms with E-state index in [0.29, 0.717) is 6.42 Å². The molecule has 0 radical (unpaired) electrons. The van der Waals surface area contributed by atoms with Crippen LogP contribution in [0.2, 0.25) is 0 Å². The predicted molar refractivity (Wildman–Crippen MR) is 107 cm³/mol. The van der Waals surface area contributed by atoms with Gasteiger partial charge in [0, 0.05) is 17.7 Å². The van der Waals surface area contributed by atoms with Crippen LogP contribution in [0.5, 0.6) is 0 Å². The first-order valence-corrected chi connectivity index (χ1v) is 9.66. The summed E-state index contributed by atoms with van der Waals surface area (Å²) in [5, 5.41) is 3.73. The van der Waals surface area contributed by atoms with Gasteiger partial charge in [-0.25, -0.2) is 9.78 Å². The molecule has 0 fully saturated rings. The fourth-order valence-corrected chi connectivity index (χ4v) is 3.51. The lowest BCUT2D eigenvalue weighted by Crippen LogP contribution is -2.22. The Morgan fingerprint density at radius 2 is 1.89 bits per heavy atom. The van der Waals surface area contributed by atoms with E-state index >= 15 is 0 Å². The number of allylic oxidation sites excluding steroid dienone is 3. The van der Waals surface area contributed by atoms with Crippen LogP contribution in [-0.2, 0) is 15.7 Å². The van der Waals surface area contributed by atoms with Crippen molar-refractivity contribution in [2.75, 3.05) is 0 Å². The summed E-state index contributed by atoms with van der Waals surface area (Å²) in [7, 11) is -1.17. The van der Waals surface area contributed by atoms with Gasteiger partial charge in [0.1, 0.15) is 5.01 Å². The van der Waals surface area contributed by atoms with Crippen LogP contribution in [0.1, 0.15) is 5.56 Å². The van der Waals surface area contributed by atoms with Gasteiger partial charge >= 0.3 is 14.8 Å². The van der Waals surface area contributed by atoms with Gasteiger partial charge in [0.25, 0.3) is 0 Å². The van der Waals surface area contributed by atoms with Gasteiger partial charge in [-0.05, 0) is 34.4 Å². The lowest BCUT2D eigenvalue weighted by atomic mass is 10.1. The number of hydrogen-bond donors (Lipinski definition) is 2. The Hall–Kier alpha value is -2.86. The van der Waals surface area contributed by atoms with E-state index in [2.05, 4.69) is 40.6 Å². The summed E-state index contributed by atoms with van der Waals surface area (Å²) in [6.45, 7) is 0. The third-order valence-corrected chi connectivity index (χ3v) is 4.79. The van der Waals surface area contributed by atoms with E-state index in [9.17, 15) is 4.79 Å². The first-order chi connectivity index (χ1) is 13.2. The number of rotatable bonds is 3. The molecule has 2 aromatic carbocycles. The minimum atomic E-state index is -1.17. The lowest BCUT2D eigenvalue weighted by molar-refractivity contribution is 0.189. The minimum absolute atomic E-state index is 0.457. The number of amides is 1. The predicted octanol–water partition coefficient (Wildman–Crippen LogP) is 4.56. The summed E-state index contributed by atoms with van der Waals surface area (Å²) in [6, 6.07) is 16.4. The van der Waals surface area contributed by atoms with E-state index in [4.69, 9.17) is 14.2 Å². The molecule has 3 aromatic rings. The summed E-state index contributed by atoms with van der Waals surface area (Å²) in [5.41, 5.74) is 4.05. The second-order valence-corrected chi connectivity index (χ2v) is 6.72. The number of aromatic nitrogens is 1. The minimum Gasteiger partial charge on any atom is -0.418 e. The molecular formula is C19H16N2O4PS+. The number of alkyl carbamates (subject to hydrolysis) is 1. The fourth-order valence-electron chi connectivity index (χ4n) is 2.54. The molecule has 6 nitrogen and oxygen atoms in total. The van der Waals surface area contributed by atoms with Crippen molar-refractivity contribution in [1.82, 2.24) is 10.3 Å². The second kappa shape index (κ2) is 9.19. The fraction of sp³-hybridized carbons (Fsp3) is 0.0526. The molecule has 1 aliphatic heterocycles. The molecule has 0 saturated carbocycles. The van der Waals surface area contributed by atoms with Crippen LogP contribution in [0, 0.1) is 0 Å². The van der Waals surface area contributed by atoms with Crippen molar-refractivity contribution in [3.8, 4) is 10.6 Å².